The molecule has 0 saturated heterocycles. The minimum absolute atomic E-state index is 0.0115. The molecule has 1 atom stereocenters. The Kier molecular flexibility index (Phi) is 3.16. The summed E-state index contributed by atoms with van der Waals surface area (Å²) < 4.78 is 0. The molecular weight excluding hydrogens is 224 g/mol. The highest BCUT2D eigenvalue weighted by Crippen LogP contribution is 2.21. The quantitative estimate of drug-likeness (QED) is 0.836. The maximum Gasteiger partial charge on any atom is 0.252 e. The molecule has 0 spiro atoms. The van der Waals surface area contributed by atoms with Crippen LogP contribution >= 0.6 is 0 Å². The van der Waals surface area contributed by atoms with E-state index in [4.69, 9.17) is 0 Å². The number of fused-ring (bicyclic) bond motifs is 1. The van der Waals surface area contributed by atoms with Gasteiger partial charge in [0.15, 0.2) is 0 Å². The average molecular weight is 244 g/mol. The lowest BCUT2D eigenvalue weighted by atomic mass is 9.88. The van der Waals surface area contributed by atoms with Crippen molar-refractivity contribution in [1.82, 2.24) is 10.3 Å². The summed E-state index contributed by atoms with van der Waals surface area (Å²) in [4.78, 5) is 15.4. The van der Waals surface area contributed by atoms with Crippen LogP contribution in [0.4, 0.5) is 0 Å². The molecule has 0 bridgehead atoms. The maximum atomic E-state index is 12.3. The number of aromatic amines is 1. The van der Waals surface area contributed by atoms with Gasteiger partial charge in [-0.2, -0.15) is 0 Å². The molecule has 2 aromatic rings. The Morgan fingerprint density at radius 3 is 2.67 bits per heavy atom. The SMILES string of the molecule is CC(NC(=O)c1cccc2[nH]ccc12)C(C)(C)C. The summed E-state index contributed by atoms with van der Waals surface area (Å²) in [6.07, 6.45) is 1.86. The Balaban J connectivity index is 2.27. The highest BCUT2D eigenvalue weighted by molar-refractivity contribution is 6.06. The lowest BCUT2D eigenvalue weighted by Gasteiger charge is -2.28. The van der Waals surface area contributed by atoms with E-state index in [0.29, 0.717) is 0 Å². The highest BCUT2D eigenvalue weighted by atomic mass is 16.1. The van der Waals surface area contributed by atoms with Crippen LogP contribution < -0.4 is 5.32 Å². The monoisotopic (exact) mass is 244 g/mol. The van der Waals surface area contributed by atoms with Crippen LogP contribution in [-0.2, 0) is 0 Å². The van der Waals surface area contributed by atoms with Crippen molar-refractivity contribution in [2.45, 2.75) is 33.7 Å². The van der Waals surface area contributed by atoms with Gasteiger partial charge >= 0.3 is 0 Å². The smallest absolute Gasteiger partial charge is 0.252 e. The summed E-state index contributed by atoms with van der Waals surface area (Å²) in [5.41, 5.74) is 1.78. The zero-order valence-corrected chi connectivity index (χ0v) is 11.4. The Hall–Kier alpha value is -1.77. The first-order valence-corrected chi connectivity index (χ1v) is 6.26. The Morgan fingerprint density at radius 1 is 1.28 bits per heavy atom. The van der Waals surface area contributed by atoms with Crippen molar-refractivity contribution in [3.05, 3.63) is 36.0 Å². The zero-order chi connectivity index (χ0) is 13.3. The summed E-state index contributed by atoms with van der Waals surface area (Å²) >= 11 is 0. The fraction of sp³-hybridized carbons (Fsp3) is 0.400. The number of carbonyl (C=O) groups excluding carboxylic acids is 1. The molecule has 1 heterocycles. The Morgan fingerprint density at radius 2 is 2.00 bits per heavy atom. The van der Waals surface area contributed by atoms with Gasteiger partial charge in [0.25, 0.3) is 5.91 Å². The van der Waals surface area contributed by atoms with Gasteiger partial charge < -0.3 is 10.3 Å². The first-order chi connectivity index (χ1) is 8.39. The number of aromatic nitrogens is 1. The van der Waals surface area contributed by atoms with E-state index in [1.54, 1.807) is 0 Å². The second-order valence-corrected chi connectivity index (χ2v) is 5.81. The molecule has 0 saturated carbocycles. The fourth-order valence-corrected chi connectivity index (χ4v) is 1.77. The molecule has 2 rings (SSSR count). The molecule has 1 aromatic carbocycles. The first-order valence-electron chi connectivity index (χ1n) is 6.26. The third kappa shape index (κ3) is 2.40. The minimum atomic E-state index is -0.0115. The highest BCUT2D eigenvalue weighted by Gasteiger charge is 2.22. The summed E-state index contributed by atoms with van der Waals surface area (Å²) in [7, 11) is 0. The van der Waals surface area contributed by atoms with E-state index in [0.717, 1.165) is 16.5 Å². The third-order valence-corrected chi connectivity index (χ3v) is 3.49. The topological polar surface area (TPSA) is 44.9 Å². The van der Waals surface area contributed by atoms with E-state index in [-0.39, 0.29) is 17.4 Å². The second-order valence-electron chi connectivity index (χ2n) is 5.81. The Bertz CT molecular complexity index is 563. The molecule has 0 aliphatic rings. The first kappa shape index (κ1) is 12.7. The van der Waals surface area contributed by atoms with E-state index >= 15 is 0 Å². The summed E-state index contributed by atoms with van der Waals surface area (Å²) in [6, 6.07) is 7.79. The van der Waals surface area contributed by atoms with Gasteiger partial charge in [-0.05, 0) is 30.5 Å². The van der Waals surface area contributed by atoms with Crippen LogP contribution in [0.3, 0.4) is 0 Å². The molecule has 0 radical (unpaired) electrons. The third-order valence-electron chi connectivity index (χ3n) is 3.49. The van der Waals surface area contributed by atoms with E-state index in [2.05, 4.69) is 31.1 Å². The molecular formula is C15H20N2O. The van der Waals surface area contributed by atoms with Gasteiger partial charge in [-0.3, -0.25) is 4.79 Å². The van der Waals surface area contributed by atoms with Crippen molar-refractivity contribution < 1.29 is 4.79 Å². The van der Waals surface area contributed by atoms with Crippen molar-refractivity contribution in [1.29, 1.82) is 0 Å². The molecule has 3 heteroatoms. The number of H-pyrrole nitrogens is 1. The molecule has 96 valence electrons. The predicted molar refractivity (Wildman–Crippen MR) is 74.7 cm³/mol. The lowest BCUT2D eigenvalue weighted by molar-refractivity contribution is 0.0912. The fourth-order valence-electron chi connectivity index (χ4n) is 1.77. The second kappa shape index (κ2) is 4.48. The van der Waals surface area contributed by atoms with Gasteiger partial charge in [-0.15, -0.1) is 0 Å². The number of nitrogens with one attached hydrogen (secondary N) is 2. The van der Waals surface area contributed by atoms with Crippen LogP contribution in [-0.4, -0.2) is 16.9 Å². The lowest BCUT2D eigenvalue weighted by Crippen LogP contribution is -2.41. The van der Waals surface area contributed by atoms with Crippen molar-refractivity contribution >= 4 is 16.8 Å². The molecule has 2 N–H and O–H groups in total. The minimum Gasteiger partial charge on any atom is -0.361 e. The number of hydrogen-bond acceptors (Lipinski definition) is 1. The summed E-state index contributed by atoms with van der Waals surface area (Å²) in [5, 5.41) is 4.03. The standard InChI is InChI=1S/C15H20N2O/c1-10(15(2,3)4)17-14(18)12-6-5-7-13-11(12)8-9-16-13/h5-10,16H,1-4H3,(H,17,18). The number of benzene rings is 1. The van der Waals surface area contributed by atoms with Crippen molar-refractivity contribution in [3.8, 4) is 0 Å². The van der Waals surface area contributed by atoms with Gasteiger partial charge in [0.1, 0.15) is 0 Å². The van der Waals surface area contributed by atoms with Crippen LogP contribution in [0.2, 0.25) is 0 Å². The molecule has 0 fully saturated rings. The largest absolute Gasteiger partial charge is 0.361 e. The van der Waals surface area contributed by atoms with Gasteiger partial charge in [0, 0.05) is 28.7 Å². The molecule has 1 amide bonds. The normalized spacial score (nSPS) is 13.6. The molecule has 0 aliphatic carbocycles. The van der Waals surface area contributed by atoms with Crippen LogP contribution in [0.5, 0.6) is 0 Å². The zero-order valence-electron chi connectivity index (χ0n) is 11.4. The summed E-state index contributed by atoms with van der Waals surface area (Å²) in [6.45, 7) is 8.40. The number of carbonyl (C=O) groups is 1. The molecule has 1 unspecified atom stereocenters. The van der Waals surface area contributed by atoms with Gasteiger partial charge in [0.2, 0.25) is 0 Å². The molecule has 1 aromatic heterocycles. The van der Waals surface area contributed by atoms with Crippen LogP contribution in [0, 0.1) is 5.41 Å². The maximum absolute atomic E-state index is 12.3. The van der Waals surface area contributed by atoms with Gasteiger partial charge in [-0.25, -0.2) is 0 Å². The molecule has 18 heavy (non-hydrogen) atoms. The van der Waals surface area contributed by atoms with Crippen molar-refractivity contribution in [2.75, 3.05) is 0 Å². The van der Waals surface area contributed by atoms with Crippen LogP contribution in [0.25, 0.3) is 10.9 Å². The summed E-state index contributed by atoms with van der Waals surface area (Å²) in [5.74, 6) is -0.0115. The van der Waals surface area contributed by atoms with Crippen molar-refractivity contribution in [3.63, 3.8) is 0 Å². The van der Waals surface area contributed by atoms with E-state index in [1.165, 1.54) is 0 Å². The number of rotatable bonds is 2. The van der Waals surface area contributed by atoms with E-state index in [9.17, 15) is 4.79 Å². The number of hydrogen-bond donors (Lipinski definition) is 2. The van der Waals surface area contributed by atoms with Crippen LogP contribution in [0.1, 0.15) is 38.1 Å². The molecule has 0 aliphatic heterocycles. The van der Waals surface area contributed by atoms with Gasteiger partial charge in [0.05, 0.1) is 0 Å². The number of amides is 1. The predicted octanol–water partition coefficient (Wildman–Crippen LogP) is 3.33. The average Bonchev–Trinajstić information content (AvgIpc) is 2.74. The van der Waals surface area contributed by atoms with E-state index < -0.39 is 0 Å². The Labute approximate surface area is 108 Å². The molecule has 3 nitrogen and oxygen atoms in total. The van der Waals surface area contributed by atoms with Crippen LogP contribution in [0.15, 0.2) is 30.5 Å². The van der Waals surface area contributed by atoms with Crippen molar-refractivity contribution in [2.24, 2.45) is 5.41 Å². The van der Waals surface area contributed by atoms with E-state index in [1.807, 2.05) is 37.4 Å². The van der Waals surface area contributed by atoms with Gasteiger partial charge in [-0.1, -0.05) is 26.8 Å².